The number of benzene rings is 6. The minimum atomic E-state index is 0.00375. The fourth-order valence-corrected chi connectivity index (χ4v) is 9.45. The molecule has 10 rings (SSSR count). The number of rotatable bonds is 4. The van der Waals surface area contributed by atoms with E-state index >= 15 is 0 Å². The first-order valence-electron chi connectivity index (χ1n) is 18.1. The highest BCUT2D eigenvalue weighted by atomic mass is 15.0. The van der Waals surface area contributed by atoms with Crippen molar-refractivity contribution < 1.29 is 0 Å². The summed E-state index contributed by atoms with van der Waals surface area (Å²) in [4.78, 5) is 0. The van der Waals surface area contributed by atoms with Crippen molar-refractivity contribution >= 4 is 38.0 Å². The number of allylic oxidation sites excluding steroid dienone is 8. The molecule has 0 saturated carbocycles. The highest BCUT2D eigenvalue weighted by molar-refractivity contribution is 6.24. The Balaban J connectivity index is 1.34. The number of nitrogens with zero attached hydrogens (tertiary/aromatic N) is 1. The Kier molecular flexibility index (Phi) is 6.55. The molecular weight excluding hydrogens is 603 g/mol. The summed E-state index contributed by atoms with van der Waals surface area (Å²) in [6.07, 6.45) is 20.4. The second kappa shape index (κ2) is 11.2. The van der Waals surface area contributed by atoms with Crippen molar-refractivity contribution in [2.24, 2.45) is 5.92 Å². The van der Waals surface area contributed by atoms with Crippen LogP contribution >= 0.6 is 0 Å². The molecule has 50 heavy (non-hydrogen) atoms. The van der Waals surface area contributed by atoms with Gasteiger partial charge in [-0.1, -0.05) is 141 Å². The summed E-state index contributed by atoms with van der Waals surface area (Å²) in [6, 6.07) is 43.5. The lowest BCUT2D eigenvalue weighted by atomic mass is 9.74. The third-order valence-electron chi connectivity index (χ3n) is 11.8. The van der Waals surface area contributed by atoms with Gasteiger partial charge in [0.1, 0.15) is 0 Å². The van der Waals surface area contributed by atoms with Gasteiger partial charge in [0.2, 0.25) is 0 Å². The first kappa shape index (κ1) is 29.3. The summed E-state index contributed by atoms with van der Waals surface area (Å²) < 4.78 is 2.39. The Labute approximate surface area is 294 Å². The Morgan fingerprint density at radius 2 is 1.32 bits per heavy atom. The molecule has 0 bridgehead atoms. The summed E-state index contributed by atoms with van der Waals surface area (Å²) in [5, 5.41) is 7.88. The first-order valence-corrected chi connectivity index (χ1v) is 18.1. The molecule has 0 N–H and O–H groups in total. The summed E-state index contributed by atoms with van der Waals surface area (Å²) in [5.74, 6) is 0.833. The number of hydrogen-bond donors (Lipinski definition) is 0. The van der Waals surface area contributed by atoms with Gasteiger partial charge in [0, 0.05) is 17.8 Å². The van der Waals surface area contributed by atoms with Crippen LogP contribution < -0.4 is 0 Å². The van der Waals surface area contributed by atoms with Gasteiger partial charge in [0.15, 0.2) is 0 Å². The monoisotopic (exact) mass is 641 g/mol. The summed E-state index contributed by atoms with van der Waals surface area (Å²) in [7, 11) is 0. The standard InChI is InChI=1S/C49H39N/c1-49(2)43-25-14-13-24-40(43)48-36-21-10-9-20-35(36)42(31-44(48)49)47-38-23-12-11-22-37(38)46(32-16-5-3-6-17-32)39-28-27-33(30-41(39)47)45-26-15-29-50(45)34-18-7-4-8-19-34/h3-7,9-18,20-31,40,43H,8,19H2,1-2H3. The molecule has 1 aromatic heterocycles. The lowest BCUT2D eigenvalue weighted by Crippen LogP contribution is -2.24. The van der Waals surface area contributed by atoms with Crippen molar-refractivity contribution in [1.82, 2.24) is 4.57 Å². The van der Waals surface area contributed by atoms with Crippen LogP contribution in [0.4, 0.5) is 0 Å². The predicted molar refractivity (Wildman–Crippen MR) is 213 cm³/mol. The maximum absolute atomic E-state index is 2.58. The quantitative estimate of drug-likeness (QED) is 0.169. The van der Waals surface area contributed by atoms with Crippen molar-refractivity contribution in [2.45, 2.75) is 38.0 Å². The SMILES string of the molecule is CC1(C)c2cc(-c3c4ccccc4c(-c4ccccc4)c4ccc(-c5cccn5C5=CC=CCC5)cc34)c3ccccc3c2C2C=CC=CC21. The smallest absolute Gasteiger partial charge is 0.0525 e. The van der Waals surface area contributed by atoms with Crippen LogP contribution in [0, 0.1) is 5.92 Å². The fraction of sp³-hybridized carbons (Fsp3) is 0.143. The van der Waals surface area contributed by atoms with E-state index in [0.29, 0.717) is 11.8 Å². The molecule has 0 aliphatic heterocycles. The van der Waals surface area contributed by atoms with E-state index in [2.05, 4.69) is 182 Å². The molecule has 7 aromatic rings. The van der Waals surface area contributed by atoms with Crippen molar-refractivity contribution in [1.29, 1.82) is 0 Å². The molecule has 2 atom stereocenters. The van der Waals surface area contributed by atoms with E-state index in [1.807, 2.05) is 0 Å². The first-order chi connectivity index (χ1) is 24.6. The average molecular weight is 642 g/mol. The van der Waals surface area contributed by atoms with E-state index in [1.165, 1.54) is 82.7 Å². The van der Waals surface area contributed by atoms with Crippen LogP contribution in [0.5, 0.6) is 0 Å². The summed E-state index contributed by atoms with van der Waals surface area (Å²) >= 11 is 0. The lowest BCUT2D eigenvalue weighted by Gasteiger charge is -2.29. The van der Waals surface area contributed by atoms with E-state index in [4.69, 9.17) is 0 Å². The molecule has 0 radical (unpaired) electrons. The molecule has 0 saturated heterocycles. The predicted octanol–water partition coefficient (Wildman–Crippen LogP) is 13.3. The van der Waals surface area contributed by atoms with Gasteiger partial charge in [-0.25, -0.2) is 0 Å². The van der Waals surface area contributed by atoms with Crippen LogP contribution in [0.2, 0.25) is 0 Å². The number of fused-ring (bicyclic) bond motifs is 7. The zero-order valence-corrected chi connectivity index (χ0v) is 28.6. The van der Waals surface area contributed by atoms with E-state index in [0.717, 1.165) is 12.8 Å². The summed E-state index contributed by atoms with van der Waals surface area (Å²) in [5.41, 5.74) is 12.0. The fourth-order valence-electron chi connectivity index (χ4n) is 9.45. The Bertz CT molecular complexity index is 2620. The molecule has 0 fully saturated rings. The maximum atomic E-state index is 2.58. The molecule has 6 aromatic carbocycles. The number of hydrogen-bond acceptors (Lipinski definition) is 0. The summed E-state index contributed by atoms with van der Waals surface area (Å²) in [6.45, 7) is 4.91. The average Bonchev–Trinajstić information content (AvgIpc) is 3.75. The molecule has 1 nitrogen and oxygen atoms in total. The van der Waals surface area contributed by atoms with E-state index in [-0.39, 0.29) is 5.41 Å². The van der Waals surface area contributed by atoms with Crippen molar-refractivity contribution in [3.8, 4) is 33.5 Å². The molecule has 3 aliphatic rings. The van der Waals surface area contributed by atoms with Crippen LogP contribution in [-0.2, 0) is 5.41 Å². The third-order valence-corrected chi connectivity index (χ3v) is 11.8. The van der Waals surface area contributed by atoms with Gasteiger partial charge in [-0.15, -0.1) is 0 Å². The lowest BCUT2D eigenvalue weighted by molar-refractivity contribution is 0.394. The van der Waals surface area contributed by atoms with Gasteiger partial charge in [-0.2, -0.15) is 0 Å². The highest BCUT2D eigenvalue weighted by Gasteiger charge is 2.45. The van der Waals surface area contributed by atoms with Crippen molar-refractivity contribution in [3.05, 3.63) is 175 Å². The Morgan fingerprint density at radius 3 is 2.12 bits per heavy atom. The van der Waals surface area contributed by atoms with Crippen molar-refractivity contribution in [3.63, 3.8) is 0 Å². The highest BCUT2D eigenvalue weighted by Crippen LogP contribution is 2.57. The maximum Gasteiger partial charge on any atom is 0.0525 e. The minimum Gasteiger partial charge on any atom is -0.320 e. The van der Waals surface area contributed by atoms with E-state index < -0.39 is 0 Å². The third kappa shape index (κ3) is 4.26. The van der Waals surface area contributed by atoms with Crippen LogP contribution in [0.1, 0.15) is 43.7 Å². The van der Waals surface area contributed by atoms with Crippen molar-refractivity contribution in [2.75, 3.05) is 0 Å². The molecular formula is C49H39N. The molecule has 0 spiro atoms. The molecule has 3 aliphatic carbocycles. The van der Waals surface area contributed by atoms with Crippen LogP contribution in [0.3, 0.4) is 0 Å². The van der Waals surface area contributed by atoms with Gasteiger partial charge in [-0.3, -0.25) is 0 Å². The zero-order chi connectivity index (χ0) is 33.4. The minimum absolute atomic E-state index is 0.00375. The van der Waals surface area contributed by atoms with E-state index in [9.17, 15) is 0 Å². The van der Waals surface area contributed by atoms with Gasteiger partial charge in [0.25, 0.3) is 0 Å². The van der Waals surface area contributed by atoms with Crippen LogP contribution in [-0.4, -0.2) is 4.57 Å². The van der Waals surface area contributed by atoms with Crippen LogP contribution in [0.15, 0.2) is 164 Å². The Morgan fingerprint density at radius 1 is 0.600 bits per heavy atom. The second-order valence-electron chi connectivity index (χ2n) is 14.8. The zero-order valence-electron chi connectivity index (χ0n) is 28.6. The topological polar surface area (TPSA) is 4.93 Å². The van der Waals surface area contributed by atoms with Gasteiger partial charge in [0.05, 0.1) is 5.69 Å². The molecule has 1 heterocycles. The second-order valence-corrected chi connectivity index (χ2v) is 14.8. The molecule has 0 amide bonds. The largest absolute Gasteiger partial charge is 0.320 e. The molecule has 2 unspecified atom stereocenters. The number of aromatic nitrogens is 1. The van der Waals surface area contributed by atoms with Crippen LogP contribution in [0.25, 0.3) is 71.5 Å². The molecule has 240 valence electrons. The van der Waals surface area contributed by atoms with Gasteiger partial charge >= 0.3 is 0 Å². The normalized spacial score (nSPS) is 18.9. The van der Waals surface area contributed by atoms with Gasteiger partial charge < -0.3 is 4.57 Å². The molecule has 1 heteroatoms. The Hall–Kier alpha value is -5.66. The van der Waals surface area contributed by atoms with E-state index in [1.54, 1.807) is 0 Å². The van der Waals surface area contributed by atoms with Gasteiger partial charge in [-0.05, 0) is 126 Å².